The van der Waals surface area contributed by atoms with Crippen LogP contribution in [-0.4, -0.2) is 11.8 Å². The molecule has 2 aromatic rings. The van der Waals surface area contributed by atoms with E-state index in [4.69, 9.17) is 4.42 Å². The molecular formula is C18H21NO. The fourth-order valence-corrected chi connectivity index (χ4v) is 1.87. The molecule has 0 saturated carbocycles. The molecule has 0 saturated heterocycles. The zero-order chi connectivity index (χ0) is 14.6. The van der Waals surface area contributed by atoms with Crippen molar-refractivity contribution >= 4 is 17.9 Å². The highest BCUT2D eigenvalue weighted by molar-refractivity contribution is 5.90. The Labute approximate surface area is 120 Å². The standard InChI is InChI=1S/C18H21NO/c1-14(12-15-8-6-5-7-9-15)17-16(10-11-20-17)13-19-18(2,3)4/h5-13H,1-4H3/b14-12+,19-13?. The predicted molar refractivity (Wildman–Crippen MR) is 86.0 cm³/mol. The Hall–Kier alpha value is -2.09. The first-order chi connectivity index (χ1) is 9.46. The summed E-state index contributed by atoms with van der Waals surface area (Å²) in [7, 11) is 0. The summed E-state index contributed by atoms with van der Waals surface area (Å²) in [4.78, 5) is 4.54. The van der Waals surface area contributed by atoms with Gasteiger partial charge in [0.05, 0.1) is 11.8 Å². The van der Waals surface area contributed by atoms with Gasteiger partial charge in [0.25, 0.3) is 0 Å². The Bertz CT molecular complexity index is 612. The maximum atomic E-state index is 5.60. The minimum atomic E-state index is -0.0778. The third-order valence-electron chi connectivity index (χ3n) is 2.83. The van der Waals surface area contributed by atoms with Gasteiger partial charge in [-0.15, -0.1) is 0 Å². The average Bonchev–Trinajstić information content (AvgIpc) is 2.85. The van der Waals surface area contributed by atoms with E-state index in [1.54, 1.807) is 6.26 Å². The first kappa shape index (κ1) is 14.3. The van der Waals surface area contributed by atoms with Gasteiger partial charge in [0.1, 0.15) is 5.76 Å². The van der Waals surface area contributed by atoms with Gasteiger partial charge in [0, 0.05) is 11.8 Å². The summed E-state index contributed by atoms with van der Waals surface area (Å²) in [6.45, 7) is 8.29. The van der Waals surface area contributed by atoms with Gasteiger partial charge in [-0.25, -0.2) is 0 Å². The van der Waals surface area contributed by atoms with E-state index in [1.165, 1.54) is 5.56 Å². The number of hydrogen-bond donors (Lipinski definition) is 0. The molecule has 2 rings (SSSR count). The van der Waals surface area contributed by atoms with Gasteiger partial charge < -0.3 is 4.42 Å². The summed E-state index contributed by atoms with van der Waals surface area (Å²) in [5.41, 5.74) is 3.20. The molecule has 1 aromatic carbocycles. The minimum absolute atomic E-state index is 0.0778. The number of hydrogen-bond acceptors (Lipinski definition) is 2. The topological polar surface area (TPSA) is 25.5 Å². The van der Waals surface area contributed by atoms with Crippen LogP contribution in [0.15, 0.2) is 52.1 Å². The van der Waals surface area contributed by atoms with Crippen molar-refractivity contribution in [2.45, 2.75) is 33.2 Å². The Morgan fingerprint density at radius 1 is 1.10 bits per heavy atom. The lowest BCUT2D eigenvalue weighted by atomic mass is 10.1. The van der Waals surface area contributed by atoms with E-state index in [1.807, 2.05) is 30.5 Å². The molecule has 0 amide bonds. The van der Waals surface area contributed by atoms with Crippen LogP contribution in [0.4, 0.5) is 0 Å². The van der Waals surface area contributed by atoms with Crippen LogP contribution in [0, 0.1) is 0 Å². The molecule has 1 aromatic heterocycles. The highest BCUT2D eigenvalue weighted by Crippen LogP contribution is 2.22. The van der Waals surface area contributed by atoms with Gasteiger partial charge in [0.15, 0.2) is 0 Å². The van der Waals surface area contributed by atoms with Crippen molar-refractivity contribution in [3.05, 3.63) is 59.5 Å². The normalized spacial score (nSPS) is 13.1. The lowest BCUT2D eigenvalue weighted by molar-refractivity contribution is 0.552. The van der Waals surface area contributed by atoms with Gasteiger partial charge >= 0.3 is 0 Å². The van der Waals surface area contributed by atoms with Crippen LogP contribution in [0.5, 0.6) is 0 Å². The molecule has 2 heteroatoms. The van der Waals surface area contributed by atoms with Crippen molar-refractivity contribution in [2.24, 2.45) is 4.99 Å². The second kappa shape index (κ2) is 5.91. The van der Waals surface area contributed by atoms with Gasteiger partial charge in [-0.1, -0.05) is 30.3 Å². The monoisotopic (exact) mass is 267 g/mol. The van der Waals surface area contributed by atoms with Crippen LogP contribution in [0.2, 0.25) is 0 Å². The van der Waals surface area contributed by atoms with E-state index >= 15 is 0 Å². The predicted octanol–water partition coefficient (Wildman–Crippen LogP) is 5.06. The molecule has 0 aliphatic rings. The molecule has 2 nitrogen and oxygen atoms in total. The Kier molecular flexibility index (Phi) is 4.23. The number of allylic oxidation sites excluding steroid dienone is 1. The van der Waals surface area contributed by atoms with E-state index in [0.29, 0.717) is 0 Å². The van der Waals surface area contributed by atoms with E-state index < -0.39 is 0 Å². The quantitative estimate of drug-likeness (QED) is 0.714. The summed E-state index contributed by atoms with van der Waals surface area (Å²) in [5, 5.41) is 0. The van der Waals surface area contributed by atoms with Gasteiger partial charge in [-0.05, 0) is 51.0 Å². The Morgan fingerprint density at radius 2 is 1.80 bits per heavy atom. The lowest BCUT2D eigenvalue weighted by Gasteiger charge is -2.10. The van der Waals surface area contributed by atoms with Crippen molar-refractivity contribution in [1.82, 2.24) is 0 Å². The summed E-state index contributed by atoms with van der Waals surface area (Å²) in [6.07, 6.45) is 5.72. The average molecular weight is 267 g/mol. The maximum Gasteiger partial charge on any atom is 0.138 e. The number of furan rings is 1. The van der Waals surface area contributed by atoms with Crippen LogP contribution in [-0.2, 0) is 0 Å². The maximum absolute atomic E-state index is 5.60. The Morgan fingerprint density at radius 3 is 2.45 bits per heavy atom. The van der Waals surface area contributed by atoms with Crippen molar-refractivity contribution < 1.29 is 4.42 Å². The molecule has 0 aliphatic heterocycles. The molecule has 0 N–H and O–H groups in total. The van der Waals surface area contributed by atoms with E-state index in [-0.39, 0.29) is 5.54 Å². The molecule has 0 unspecified atom stereocenters. The first-order valence-corrected chi connectivity index (χ1v) is 6.82. The molecule has 20 heavy (non-hydrogen) atoms. The number of rotatable bonds is 3. The number of aliphatic imine (C=N–C) groups is 1. The minimum Gasteiger partial charge on any atom is -0.464 e. The molecular weight excluding hydrogens is 246 g/mol. The van der Waals surface area contributed by atoms with Crippen LogP contribution >= 0.6 is 0 Å². The number of nitrogens with zero attached hydrogens (tertiary/aromatic N) is 1. The lowest BCUT2D eigenvalue weighted by Crippen LogP contribution is -2.09. The fourth-order valence-electron chi connectivity index (χ4n) is 1.87. The largest absolute Gasteiger partial charge is 0.464 e. The third-order valence-corrected chi connectivity index (χ3v) is 2.83. The van der Waals surface area contributed by atoms with Crippen LogP contribution in [0.3, 0.4) is 0 Å². The van der Waals surface area contributed by atoms with E-state index in [9.17, 15) is 0 Å². The van der Waals surface area contributed by atoms with Gasteiger partial charge in [-0.2, -0.15) is 0 Å². The molecule has 104 valence electrons. The smallest absolute Gasteiger partial charge is 0.138 e. The second-order valence-corrected chi connectivity index (χ2v) is 5.87. The summed E-state index contributed by atoms with van der Waals surface area (Å²) >= 11 is 0. The SMILES string of the molecule is C/C(=C\c1ccccc1)c1occc1C=NC(C)(C)C. The van der Waals surface area contributed by atoms with Crippen molar-refractivity contribution in [3.63, 3.8) is 0 Å². The zero-order valence-corrected chi connectivity index (χ0v) is 12.6. The van der Waals surface area contributed by atoms with E-state index in [2.05, 4.69) is 50.9 Å². The third kappa shape index (κ3) is 3.95. The van der Waals surface area contributed by atoms with Crippen LogP contribution in [0.1, 0.15) is 44.6 Å². The molecule has 1 heterocycles. The highest BCUT2D eigenvalue weighted by atomic mass is 16.3. The van der Waals surface area contributed by atoms with Crippen molar-refractivity contribution in [2.75, 3.05) is 0 Å². The molecule has 0 radical (unpaired) electrons. The molecule has 0 atom stereocenters. The van der Waals surface area contributed by atoms with Gasteiger partial charge in [-0.3, -0.25) is 4.99 Å². The number of benzene rings is 1. The summed E-state index contributed by atoms with van der Waals surface area (Å²) in [5.74, 6) is 0.877. The zero-order valence-electron chi connectivity index (χ0n) is 12.6. The van der Waals surface area contributed by atoms with Crippen LogP contribution in [0.25, 0.3) is 11.6 Å². The van der Waals surface area contributed by atoms with Crippen molar-refractivity contribution in [3.8, 4) is 0 Å². The van der Waals surface area contributed by atoms with Crippen molar-refractivity contribution in [1.29, 1.82) is 0 Å². The molecule has 0 spiro atoms. The second-order valence-electron chi connectivity index (χ2n) is 5.87. The molecule has 0 aliphatic carbocycles. The molecule has 0 bridgehead atoms. The van der Waals surface area contributed by atoms with E-state index in [0.717, 1.165) is 16.9 Å². The fraction of sp³-hybridized carbons (Fsp3) is 0.278. The summed E-state index contributed by atoms with van der Waals surface area (Å²) < 4.78 is 5.60. The van der Waals surface area contributed by atoms with Crippen LogP contribution < -0.4 is 0 Å². The highest BCUT2D eigenvalue weighted by Gasteiger charge is 2.09. The summed E-state index contributed by atoms with van der Waals surface area (Å²) in [6, 6.07) is 12.2. The molecule has 0 fully saturated rings. The Balaban J connectivity index is 2.28. The first-order valence-electron chi connectivity index (χ1n) is 6.82. The van der Waals surface area contributed by atoms with Gasteiger partial charge in [0.2, 0.25) is 0 Å².